The smallest absolute Gasteiger partial charge is 0.159 e. The average molecular weight is 780 g/mol. The van der Waals surface area contributed by atoms with Gasteiger partial charge in [-0.15, -0.1) is 0 Å². The minimum atomic E-state index is 0.813. The lowest BCUT2D eigenvalue weighted by atomic mass is 9.96. The summed E-state index contributed by atoms with van der Waals surface area (Å²) in [5.41, 5.74) is 15.1. The van der Waals surface area contributed by atoms with Crippen LogP contribution >= 0.6 is 0 Å². The predicted molar refractivity (Wildman–Crippen MR) is 254 cm³/mol. The Hall–Kier alpha value is -8.21. The Labute approximate surface area is 352 Å². The lowest BCUT2D eigenvalue weighted by molar-refractivity contribution is 0.668. The lowest BCUT2D eigenvalue weighted by Crippen LogP contribution is -2.11. The first-order valence-corrected chi connectivity index (χ1v) is 20.7. The molecule has 0 amide bonds. The molecule has 286 valence electrons. The van der Waals surface area contributed by atoms with Gasteiger partial charge in [-0.1, -0.05) is 146 Å². The highest BCUT2D eigenvalue weighted by atomic mass is 16.3. The summed E-state index contributed by atoms with van der Waals surface area (Å²) in [6.45, 7) is 0. The second-order valence-corrected chi connectivity index (χ2v) is 15.6. The van der Waals surface area contributed by atoms with Gasteiger partial charge in [-0.2, -0.15) is 0 Å². The molecule has 4 heteroatoms. The standard InChI is InChI=1S/C57H37N3O/c1-3-12-38(13-4-1)44-26-31-53(49(34-44)41-14-5-2-6-15-41)59(54-21-11-19-48-51-37-58-33-32-56(51)61-57(48)54)45-27-22-39(23-28-45)40-24-29-46(30-25-40)60-52-20-10-9-18-47(52)50-35-42-16-7-8-17-43(42)36-55(50)60/h1-37H. The van der Waals surface area contributed by atoms with E-state index < -0.39 is 0 Å². The van der Waals surface area contributed by atoms with Crippen LogP contribution in [0.2, 0.25) is 0 Å². The van der Waals surface area contributed by atoms with Gasteiger partial charge in [0.05, 0.1) is 22.4 Å². The largest absolute Gasteiger partial charge is 0.454 e. The van der Waals surface area contributed by atoms with Gasteiger partial charge in [0.2, 0.25) is 0 Å². The molecular formula is C57H37N3O. The van der Waals surface area contributed by atoms with Crippen molar-refractivity contribution in [2.45, 2.75) is 0 Å². The van der Waals surface area contributed by atoms with Gasteiger partial charge >= 0.3 is 0 Å². The molecule has 0 unspecified atom stereocenters. The van der Waals surface area contributed by atoms with E-state index in [1.807, 2.05) is 12.3 Å². The number of rotatable bonds is 7. The summed E-state index contributed by atoms with van der Waals surface area (Å²) in [6.07, 6.45) is 3.68. The van der Waals surface area contributed by atoms with Crippen LogP contribution in [0.1, 0.15) is 0 Å². The Balaban J connectivity index is 0.986. The Morgan fingerprint density at radius 1 is 0.410 bits per heavy atom. The molecule has 0 aliphatic heterocycles. The SMILES string of the molecule is c1ccc(-c2ccc(N(c3ccc(-c4ccc(-n5c6ccccc6c6cc7ccccc7cc65)cc4)cc3)c3cccc4c3oc3ccncc34)c(-c3ccccc3)c2)cc1. The van der Waals surface area contributed by atoms with Crippen LogP contribution in [0, 0.1) is 0 Å². The second kappa shape index (κ2) is 14.3. The van der Waals surface area contributed by atoms with Crippen LogP contribution in [-0.4, -0.2) is 9.55 Å². The summed E-state index contributed by atoms with van der Waals surface area (Å²) in [7, 11) is 0. The number of pyridine rings is 1. The molecule has 4 nitrogen and oxygen atoms in total. The highest BCUT2D eigenvalue weighted by molar-refractivity contribution is 6.14. The first kappa shape index (κ1) is 34.8. The number of hydrogen-bond donors (Lipinski definition) is 0. The predicted octanol–water partition coefficient (Wildman–Crippen LogP) is 15.7. The van der Waals surface area contributed by atoms with Crippen molar-refractivity contribution in [3.63, 3.8) is 0 Å². The van der Waals surface area contributed by atoms with Gasteiger partial charge < -0.3 is 13.9 Å². The molecule has 0 aliphatic rings. The van der Waals surface area contributed by atoms with Crippen LogP contribution < -0.4 is 4.90 Å². The van der Waals surface area contributed by atoms with E-state index in [4.69, 9.17) is 4.42 Å². The van der Waals surface area contributed by atoms with Crippen molar-refractivity contribution in [1.29, 1.82) is 0 Å². The minimum Gasteiger partial charge on any atom is -0.454 e. The van der Waals surface area contributed by atoms with Crippen molar-refractivity contribution in [1.82, 2.24) is 9.55 Å². The zero-order valence-corrected chi connectivity index (χ0v) is 33.1. The number of benzene rings is 9. The molecule has 0 fully saturated rings. The Morgan fingerprint density at radius 2 is 1.05 bits per heavy atom. The number of nitrogens with zero attached hydrogens (tertiary/aromatic N) is 3. The monoisotopic (exact) mass is 779 g/mol. The molecule has 0 N–H and O–H groups in total. The van der Waals surface area contributed by atoms with Crippen LogP contribution in [-0.2, 0) is 0 Å². The summed E-state index contributed by atoms with van der Waals surface area (Å²) >= 11 is 0. The van der Waals surface area contributed by atoms with Gasteiger partial charge in [-0.05, 0) is 105 Å². The maximum atomic E-state index is 6.67. The van der Waals surface area contributed by atoms with Crippen LogP contribution in [0.5, 0.6) is 0 Å². The van der Waals surface area contributed by atoms with E-state index in [2.05, 4.69) is 221 Å². The molecule has 61 heavy (non-hydrogen) atoms. The minimum absolute atomic E-state index is 0.813. The van der Waals surface area contributed by atoms with Crippen molar-refractivity contribution < 1.29 is 4.42 Å². The van der Waals surface area contributed by atoms with Gasteiger partial charge in [0, 0.05) is 50.9 Å². The number of fused-ring (bicyclic) bond motifs is 7. The van der Waals surface area contributed by atoms with Gasteiger partial charge in [-0.25, -0.2) is 0 Å². The second-order valence-electron chi connectivity index (χ2n) is 15.6. The first-order valence-electron chi connectivity index (χ1n) is 20.7. The molecule has 0 spiro atoms. The van der Waals surface area contributed by atoms with Crippen LogP contribution in [0.15, 0.2) is 229 Å². The number of aromatic nitrogens is 2. The molecular weight excluding hydrogens is 743 g/mol. The Kier molecular flexibility index (Phi) is 8.13. The molecule has 0 saturated carbocycles. The van der Waals surface area contributed by atoms with Crippen molar-refractivity contribution in [3.05, 3.63) is 225 Å². The van der Waals surface area contributed by atoms with E-state index in [0.29, 0.717) is 0 Å². The molecule has 0 bridgehead atoms. The molecule has 0 radical (unpaired) electrons. The molecule has 3 heterocycles. The van der Waals surface area contributed by atoms with Crippen molar-refractivity contribution in [2.24, 2.45) is 0 Å². The van der Waals surface area contributed by atoms with Gasteiger partial charge in [0.25, 0.3) is 0 Å². The molecule has 9 aromatic carbocycles. The molecule has 12 aromatic rings. The molecule has 0 saturated heterocycles. The van der Waals surface area contributed by atoms with Crippen LogP contribution in [0.3, 0.4) is 0 Å². The Bertz CT molecular complexity index is 3570. The summed E-state index contributed by atoms with van der Waals surface area (Å²) in [5, 5.41) is 7.03. The number of para-hydroxylation sites is 2. The quantitative estimate of drug-likeness (QED) is 0.162. The summed E-state index contributed by atoms with van der Waals surface area (Å²) < 4.78 is 9.06. The first-order chi connectivity index (χ1) is 30.2. The summed E-state index contributed by atoms with van der Waals surface area (Å²) in [5.74, 6) is 0. The summed E-state index contributed by atoms with van der Waals surface area (Å²) in [4.78, 5) is 6.78. The van der Waals surface area contributed by atoms with E-state index in [9.17, 15) is 0 Å². The maximum Gasteiger partial charge on any atom is 0.159 e. The summed E-state index contributed by atoms with van der Waals surface area (Å²) in [6, 6.07) is 76.2. The third kappa shape index (κ3) is 5.88. The third-order valence-corrected chi connectivity index (χ3v) is 12.1. The number of furan rings is 1. The average Bonchev–Trinajstić information content (AvgIpc) is 3.88. The topological polar surface area (TPSA) is 34.2 Å². The van der Waals surface area contributed by atoms with Gasteiger partial charge in [0.15, 0.2) is 5.58 Å². The van der Waals surface area contributed by atoms with E-state index in [1.54, 1.807) is 6.20 Å². The molecule has 12 rings (SSSR count). The highest BCUT2D eigenvalue weighted by Crippen LogP contribution is 2.46. The van der Waals surface area contributed by atoms with Crippen LogP contribution in [0.25, 0.3) is 93.6 Å². The molecule has 0 atom stereocenters. The van der Waals surface area contributed by atoms with E-state index >= 15 is 0 Å². The van der Waals surface area contributed by atoms with Crippen molar-refractivity contribution in [2.75, 3.05) is 4.90 Å². The van der Waals surface area contributed by atoms with E-state index in [0.717, 1.165) is 72.5 Å². The zero-order chi connectivity index (χ0) is 40.3. The van der Waals surface area contributed by atoms with E-state index in [-0.39, 0.29) is 0 Å². The van der Waals surface area contributed by atoms with Gasteiger partial charge in [0.1, 0.15) is 5.58 Å². The maximum absolute atomic E-state index is 6.67. The van der Waals surface area contributed by atoms with Gasteiger partial charge in [-0.3, -0.25) is 4.98 Å². The fourth-order valence-electron chi connectivity index (χ4n) is 9.14. The normalized spacial score (nSPS) is 11.6. The van der Waals surface area contributed by atoms with Crippen molar-refractivity contribution >= 4 is 71.6 Å². The number of anilines is 3. The zero-order valence-electron chi connectivity index (χ0n) is 33.1. The van der Waals surface area contributed by atoms with E-state index in [1.165, 1.54) is 38.1 Å². The highest BCUT2D eigenvalue weighted by Gasteiger charge is 2.23. The molecule has 3 aromatic heterocycles. The van der Waals surface area contributed by atoms with Crippen molar-refractivity contribution in [3.8, 4) is 39.1 Å². The third-order valence-electron chi connectivity index (χ3n) is 12.1. The fourth-order valence-corrected chi connectivity index (χ4v) is 9.14. The Morgan fingerprint density at radius 3 is 1.84 bits per heavy atom. The number of hydrogen-bond acceptors (Lipinski definition) is 3. The molecule has 0 aliphatic carbocycles. The lowest BCUT2D eigenvalue weighted by Gasteiger charge is -2.28. The van der Waals surface area contributed by atoms with Crippen LogP contribution in [0.4, 0.5) is 17.1 Å². The fraction of sp³-hybridized carbons (Fsp3) is 0.